The summed E-state index contributed by atoms with van der Waals surface area (Å²) >= 11 is 5.77. The van der Waals surface area contributed by atoms with Gasteiger partial charge in [0.15, 0.2) is 17.4 Å². The number of hydrogen-bond donors (Lipinski definition) is 4. The first kappa shape index (κ1) is 28.5. The maximum absolute atomic E-state index is 11.1. The van der Waals surface area contributed by atoms with Crippen molar-refractivity contribution in [1.82, 2.24) is 9.03 Å². The highest BCUT2D eigenvalue weighted by atomic mass is 32.2. The Morgan fingerprint density at radius 2 is 1.97 bits per heavy atom. The van der Waals surface area contributed by atoms with Gasteiger partial charge >= 0.3 is 0 Å². The molecule has 190 valence electrons. The molecule has 0 radical (unpaired) electrons. The van der Waals surface area contributed by atoms with E-state index >= 15 is 0 Å². The zero-order chi connectivity index (χ0) is 25.6. The van der Waals surface area contributed by atoms with Crippen molar-refractivity contribution in [3.05, 3.63) is 28.5 Å². The molecule has 2 aromatic rings. The Hall–Kier alpha value is -1.75. The van der Waals surface area contributed by atoms with E-state index in [2.05, 4.69) is 73.7 Å². The smallest absolute Gasteiger partial charge is 0.179 e. The van der Waals surface area contributed by atoms with Gasteiger partial charge in [0.25, 0.3) is 0 Å². The molecule has 0 spiro atoms. The number of aryl methyl sites for hydroxylation is 1. The summed E-state index contributed by atoms with van der Waals surface area (Å²) in [6, 6.07) is 1.77. The second-order valence-corrected chi connectivity index (χ2v) is 12.3. The number of nitrogens with two attached hydrogens (primary N) is 1. The Bertz CT molecular complexity index is 1050. The molecule has 2 rings (SSSR count). The first-order chi connectivity index (χ1) is 16.1. The van der Waals surface area contributed by atoms with E-state index in [0.717, 1.165) is 33.5 Å². The molecule has 10 heteroatoms. The van der Waals surface area contributed by atoms with Crippen LogP contribution in [0.5, 0.6) is 5.75 Å². The Kier molecular flexibility index (Phi) is 10.7. The predicted molar refractivity (Wildman–Crippen MR) is 152 cm³/mol. The van der Waals surface area contributed by atoms with Gasteiger partial charge in [-0.1, -0.05) is 65.0 Å². The lowest BCUT2D eigenvalue weighted by molar-refractivity contribution is 0.404. The molecule has 0 bridgehead atoms. The third-order valence-corrected chi connectivity index (χ3v) is 9.42. The summed E-state index contributed by atoms with van der Waals surface area (Å²) in [5.41, 5.74) is 7.99. The van der Waals surface area contributed by atoms with Gasteiger partial charge in [0.1, 0.15) is 21.7 Å². The van der Waals surface area contributed by atoms with E-state index in [1.54, 1.807) is 17.6 Å². The van der Waals surface area contributed by atoms with Gasteiger partial charge < -0.3 is 20.0 Å². The number of amidine groups is 2. The summed E-state index contributed by atoms with van der Waals surface area (Å²) in [7, 11) is -0.309. The third kappa shape index (κ3) is 6.47. The van der Waals surface area contributed by atoms with Gasteiger partial charge in [-0.25, -0.2) is 4.99 Å². The second-order valence-electron chi connectivity index (χ2n) is 8.52. The summed E-state index contributed by atoms with van der Waals surface area (Å²) in [5, 5.41) is 13.2. The Morgan fingerprint density at radius 1 is 1.32 bits per heavy atom. The maximum Gasteiger partial charge on any atom is 0.179 e. The minimum Gasteiger partial charge on any atom is -0.504 e. The van der Waals surface area contributed by atoms with Crippen LogP contribution in [-0.4, -0.2) is 39.5 Å². The van der Waals surface area contributed by atoms with Gasteiger partial charge in [-0.15, -0.1) is 11.3 Å². The van der Waals surface area contributed by atoms with E-state index in [1.807, 2.05) is 19.9 Å². The predicted octanol–water partition coefficient (Wildman–Crippen LogP) is 6.40. The zero-order valence-corrected chi connectivity index (χ0v) is 23.9. The van der Waals surface area contributed by atoms with Crippen LogP contribution in [0.4, 0.5) is 5.69 Å². The summed E-state index contributed by atoms with van der Waals surface area (Å²) in [6.07, 6.45) is 1.78. The van der Waals surface area contributed by atoms with Crippen LogP contribution in [0.1, 0.15) is 76.6 Å². The Balaban J connectivity index is 2.48. The van der Waals surface area contributed by atoms with Crippen molar-refractivity contribution in [2.45, 2.75) is 71.6 Å². The molecule has 1 unspecified atom stereocenters. The highest BCUT2D eigenvalue weighted by Crippen LogP contribution is 2.50. The van der Waals surface area contributed by atoms with Crippen LogP contribution in [0, 0.1) is 12.8 Å². The molecular weight excluding hydrogens is 486 g/mol. The molecule has 0 saturated carbocycles. The first-order valence-corrected chi connectivity index (χ1v) is 14.1. The highest BCUT2D eigenvalue weighted by Gasteiger charge is 2.23. The minimum atomic E-state index is -0.309. The molecule has 0 fully saturated rings. The summed E-state index contributed by atoms with van der Waals surface area (Å²) in [4.78, 5) is 10.3. The molecule has 0 aliphatic heterocycles. The number of thiophene rings is 1. The fourth-order valence-corrected chi connectivity index (χ4v) is 7.27. The molecule has 0 saturated heterocycles. The first-order valence-electron chi connectivity index (χ1n) is 11.6. The number of aliphatic imine (C=N–C) groups is 2. The maximum atomic E-state index is 11.1. The van der Waals surface area contributed by atoms with Gasteiger partial charge in [0.2, 0.25) is 0 Å². The lowest BCUT2D eigenvalue weighted by atomic mass is 10.00. The largest absolute Gasteiger partial charge is 0.504 e. The fourth-order valence-electron chi connectivity index (χ4n) is 3.48. The lowest BCUT2D eigenvalue weighted by Gasteiger charge is -2.22. The highest BCUT2D eigenvalue weighted by molar-refractivity contribution is 8.14. The summed E-state index contributed by atoms with van der Waals surface area (Å²) in [6.45, 7) is 18.4. The number of thiol groups is 1. The van der Waals surface area contributed by atoms with E-state index in [1.165, 1.54) is 0 Å². The van der Waals surface area contributed by atoms with E-state index in [4.69, 9.17) is 15.1 Å². The summed E-state index contributed by atoms with van der Waals surface area (Å²) < 4.78 is 11.8. The van der Waals surface area contributed by atoms with Crippen LogP contribution < -0.4 is 10.5 Å². The normalized spacial score (nSPS) is 15.1. The van der Waals surface area contributed by atoms with Gasteiger partial charge in [-0.3, -0.25) is 9.30 Å². The number of hydrogen-bond acceptors (Lipinski definition) is 7. The zero-order valence-electron chi connectivity index (χ0n) is 21.4. The molecule has 2 atom stereocenters. The average molecular weight is 526 g/mol. The summed E-state index contributed by atoms with van der Waals surface area (Å²) in [5.74, 6) is 1.95. The SMILES string of the molecule is C/C=S(\c1sc(C)c(N=C(NS)C(N)=N[C@@H](c2cc(C(C)C)co2)C(C)C)c1O)N(CC)CC. The van der Waals surface area contributed by atoms with Crippen LogP contribution in [0.25, 0.3) is 0 Å². The van der Waals surface area contributed by atoms with Crippen LogP contribution in [0.15, 0.2) is 30.9 Å². The molecule has 0 aliphatic rings. The number of aromatic hydroxyl groups is 1. The molecule has 2 aromatic heterocycles. The van der Waals surface area contributed by atoms with Crippen LogP contribution in [0.3, 0.4) is 0 Å². The lowest BCUT2D eigenvalue weighted by Crippen LogP contribution is -2.32. The third-order valence-electron chi connectivity index (χ3n) is 5.47. The van der Waals surface area contributed by atoms with Gasteiger partial charge in [0, 0.05) is 18.0 Å². The van der Waals surface area contributed by atoms with Crippen molar-refractivity contribution in [2.75, 3.05) is 13.1 Å². The standard InChI is InChI=1S/C24H39N5O2S3/c1-9-29(10-2)34(11-3)24-21(30)20(16(8)33-24)27-23(28-32)22(25)26-19(15(6)7)18-12-17(13-31-18)14(4)5/h11-15,19,30,32H,9-10H2,1-8H3,(H2,25,26)(H,27,28)/t19-,34?/m1/s1. The van der Waals surface area contributed by atoms with Crippen LogP contribution in [0.2, 0.25) is 0 Å². The van der Waals surface area contributed by atoms with Crippen molar-refractivity contribution in [3.8, 4) is 5.75 Å². The van der Waals surface area contributed by atoms with Crippen LogP contribution in [-0.2, 0) is 0 Å². The van der Waals surface area contributed by atoms with Crippen LogP contribution >= 0.6 is 34.8 Å². The number of rotatable bonds is 9. The van der Waals surface area contributed by atoms with Crippen molar-refractivity contribution >= 4 is 57.5 Å². The fraction of sp³-hybridized carbons (Fsp3) is 0.542. The minimum absolute atomic E-state index is 0.157. The van der Waals surface area contributed by atoms with Crippen molar-refractivity contribution in [3.63, 3.8) is 0 Å². The molecule has 0 aromatic carbocycles. The van der Waals surface area contributed by atoms with Crippen molar-refractivity contribution in [1.29, 1.82) is 0 Å². The molecule has 0 amide bonds. The Labute approximate surface area is 216 Å². The van der Waals surface area contributed by atoms with Gasteiger partial charge in [-0.05, 0) is 42.7 Å². The average Bonchev–Trinajstić information content (AvgIpc) is 3.39. The molecule has 34 heavy (non-hydrogen) atoms. The van der Waals surface area contributed by atoms with Crippen molar-refractivity contribution in [2.24, 2.45) is 21.6 Å². The monoisotopic (exact) mass is 525 g/mol. The number of furan rings is 1. The van der Waals surface area contributed by atoms with Gasteiger partial charge in [0.05, 0.1) is 6.26 Å². The van der Waals surface area contributed by atoms with E-state index in [-0.39, 0.29) is 40.1 Å². The number of nitrogens with zero attached hydrogens (tertiary/aromatic N) is 3. The molecule has 0 aliphatic carbocycles. The van der Waals surface area contributed by atoms with Gasteiger partial charge in [-0.2, -0.15) is 0 Å². The van der Waals surface area contributed by atoms with E-state index in [0.29, 0.717) is 11.6 Å². The second kappa shape index (κ2) is 12.8. The van der Waals surface area contributed by atoms with E-state index < -0.39 is 0 Å². The molecule has 2 heterocycles. The number of nitrogens with one attached hydrogen (secondary N) is 1. The molecular formula is C24H39N5O2S3. The molecule has 7 nitrogen and oxygen atoms in total. The Morgan fingerprint density at radius 3 is 2.44 bits per heavy atom. The van der Waals surface area contributed by atoms with E-state index in [9.17, 15) is 5.11 Å². The van der Waals surface area contributed by atoms with Crippen molar-refractivity contribution < 1.29 is 9.52 Å². The molecule has 4 N–H and O–H groups in total. The topological polar surface area (TPSA) is 99.4 Å². The quantitative estimate of drug-likeness (QED) is 0.131.